The van der Waals surface area contributed by atoms with Crippen molar-refractivity contribution in [1.29, 1.82) is 0 Å². The predicted octanol–water partition coefficient (Wildman–Crippen LogP) is 2.52. The quantitative estimate of drug-likeness (QED) is 0.790. The third kappa shape index (κ3) is 5.07. The molecular weight excluding hydrogens is 304 g/mol. The third-order valence-electron chi connectivity index (χ3n) is 3.92. The molecule has 122 valence electrons. The largest absolute Gasteiger partial charge is 0.492 e. The Hall–Kier alpha value is -1.46. The fraction of sp³-hybridized carbons (Fsp3) is 0.562. The lowest BCUT2D eigenvalue weighted by Crippen LogP contribution is -2.42. The molecule has 0 aliphatic heterocycles. The van der Waals surface area contributed by atoms with Crippen LogP contribution in [0.2, 0.25) is 5.02 Å². The summed E-state index contributed by atoms with van der Waals surface area (Å²) < 4.78 is 5.51. The number of carbonyl (C=O) groups is 1. The van der Waals surface area contributed by atoms with Crippen molar-refractivity contribution < 1.29 is 14.6 Å². The molecule has 0 heterocycles. The van der Waals surface area contributed by atoms with E-state index in [2.05, 4.69) is 5.32 Å². The fourth-order valence-electron chi connectivity index (χ4n) is 2.68. The van der Waals surface area contributed by atoms with Crippen LogP contribution in [-0.4, -0.2) is 48.9 Å². The second kappa shape index (κ2) is 8.25. The highest BCUT2D eigenvalue weighted by Gasteiger charge is 2.27. The number of hydrogen-bond donors (Lipinski definition) is 2. The van der Waals surface area contributed by atoms with Crippen LogP contribution >= 0.6 is 11.6 Å². The smallest absolute Gasteiger partial charge is 0.317 e. The number of ether oxygens (including phenoxy) is 1. The van der Waals surface area contributed by atoms with Gasteiger partial charge in [0.15, 0.2) is 0 Å². The van der Waals surface area contributed by atoms with E-state index < -0.39 is 0 Å². The van der Waals surface area contributed by atoms with E-state index in [0.717, 1.165) is 19.3 Å². The summed E-state index contributed by atoms with van der Waals surface area (Å²) in [6, 6.07) is 7.01. The maximum atomic E-state index is 12.0. The molecule has 2 unspecified atom stereocenters. The molecule has 1 aliphatic rings. The molecule has 0 radical (unpaired) electrons. The van der Waals surface area contributed by atoms with Gasteiger partial charge in [-0.25, -0.2) is 4.79 Å². The average Bonchev–Trinajstić information content (AvgIpc) is 2.88. The number of halogens is 1. The summed E-state index contributed by atoms with van der Waals surface area (Å²) in [6.07, 6.45) is 2.58. The zero-order chi connectivity index (χ0) is 15.9. The second-order valence-electron chi connectivity index (χ2n) is 5.68. The van der Waals surface area contributed by atoms with E-state index in [1.807, 2.05) is 12.1 Å². The van der Waals surface area contributed by atoms with Crippen LogP contribution in [0.25, 0.3) is 0 Å². The number of amides is 2. The summed E-state index contributed by atoms with van der Waals surface area (Å²) in [5.74, 6) is 0.877. The zero-order valence-electron chi connectivity index (χ0n) is 12.8. The molecule has 1 aliphatic carbocycles. The number of nitrogens with one attached hydrogen (secondary N) is 1. The van der Waals surface area contributed by atoms with Gasteiger partial charge in [-0.3, -0.25) is 0 Å². The van der Waals surface area contributed by atoms with Gasteiger partial charge in [-0.2, -0.15) is 0 Å². The van der Waals surface area contributed by atoms with Gasteiger partial charge >= 0.3 is 6.03 Å². The van der Waals surface area contributed by atoms with E-state index in [9.17, 15) is 9.90 Å². The van der Waals surface area contributed by atoms with Crippen molar-refractivity contribution >= 4 is 17.6 Å². The Labute approximate surface area is 136 Å². The number of urea groups is 1. The first-order valence-corrected chi connectivity index (χ1v) is 7.99. The van der Waals surface area contributed by atoms with Crippen molar-refractivity contribution in [2.45, 2.75) is 25.4 Å². The molecule has 0 spiro atoms. The van der Waals surface area contributed by atoms with Crippen LogP contribution in [-0.2, 0) is 0 Å². The average molecular weight is 327 g/mol. The Morgan fingerprint density at radius 1 is 1.50 bits per heavy atom. The van der Waals surface area contributed by atoms with Gasteiger partial charge in [-0.05, 0) is 31.0 Å². The number of benzene rings is 1. The number of aliphatic hydroxyl groups is 1. The van der Waals surface area contributed by atoms with Gasteiger partial charge in [0.05, 0.1) is 12.6 Å². The van der Waals surface area contributed by atoms with E-state index in [4.69, 9.17) is 16.3 Å². The molecule has 2 atom stereocenters. The maximum Gasteiger partial charge on any atom is 0.317 e. The molecule has 5 nitrogen and oxygen atoms in total. The molecule has 1 aromatic carbocycles. The normalized spacial score (nSPS) is 20.7. The van der Waals surface area contributed by atoms with Crippen LogP contribution in [0.5, 0.6) is 5.75 Å². The van der Waals surface area contributed by atoms with Crippen LogP contribution in [0.3, 0.4) is 0 Å². The summed E-state index contributed by atoms with van der Waals surface area (Å²) in [5.41, 5.74) is 0. The van der Waals surface area contributed by atoms with E-state index >= 15 is 0 Å². The summed E-state index contributed by atoms with van der Waals surface area (Å²) in [4.78, 5) is 13.6. The lowest BCUT2D eigenvalue weighted by atomic mass is 10.1. The fourth-order valence-corrected chi connectivity index (χ4v) is 2.86. The molecule has 1 aromatic rings. The highest BCUT2D eigenvalue weighted by Crippen LogP contribution is 2.25. The summed E-state index contributed by atoms with van der Waals surface area (Å²) in [6.45, 7) is 1.39. The number of nitrogens with zero attached hydrogens (tertiary/aromatic N) is 1. The van der Waals surface area contributed by atoms with Gasteiger partial charge in [-0.15, -0.1) is 0 Å². The number of rotatable bonds is 6. The van der Waals surface area contributed by atoms with E-state index in [1.165, 1.54) is 0 Å². The van der Waals surface area contributed by atoms with Crippen LogP contribution in [0.4, 0.5) is 4.79 Å². The summed E-state index contributed by atoms with van der Waals surface area (Å²) in [5, 5.41) is 13.2. The van der Waals surface area contributed by atoms with Crippen molar-refractivity contribution in [3.05, 3.63) is 29.3 Å². The lowest BCUT2D eigenvalue weighted by Gasteiger charge is -2.23. The van der Waals surface area contributed by atoms with Gasteiger partial charge in [-0.1, -0.05) is 24.1 Å². The minimum Gasteiger partial charge on any atom is -0.492 e. The van der Waals surface area contributed by atoms with Gasteiger partial charge in [0.2, 0.25) is 0 Å². The first-order valence-electron chi connectivity index (χ1n) is 7.61. The number of aliphatic hydroxyl groups excluding tert-OH is 1. The molecule has 2 N–H and O–H groups in total. The van der Waals surface area contributed by atoms with Crippen molar-refractivity contribution in [1.82, 2.24) is 10.2 Å². The molecule has 22 heavy (non-hydrogen) atoms. The van der Waals surface area contributed by atoms with Crippen molar-refractivity contribution in [2.24, 2.45) is 5.92 Å². The van der Waals surface area contributed by atoms with E-state index in [1.54, 1.807) is 24.1 Å². The van der Waals surface area contributed by atoms with Crippen molar-refractivity contribution in [3.63, 3.8) is 0 Å². The van der Waals surface area contributed by atoms with Crippen LogP contribution in [0.15, 0.2) is 24.3 Å². The highest BCUT2D eigenvalue weighted by molar-refractivity contribution is 6.30. The molecule has 6 heteroatoms. The number of carbonyl (C=O) groups excluding carboxylic acids is 1. The topological polar surface area (TPSA) is 61.8 Å². The predicted molar refractivity (Wildman–Crippen MR) is 86.3 cm³/mol. The Balaban J connectivity index is 1.64. The summed E-state index contributed by atoms with van der Waals surface area (Å²) in [7, 11) is 1.75. The van der Waals surface area contributed by atoms with Gasteiger partial charge in [0.25, 0.3) is 0 Å². The molecule has 1 saturated carbocycles. The Bertz CT molecular complexity index is 498. The van der Waals surface area contributed by atoms with Gasteiger partial charge in [0.1, 0.15) is 12.4 Å². The Morgan fingerprint density at radius 2 is 2.32 bits per heavy atom. The molecule has 0 bridgehead atoms. The van der Waals surface area contributed by atoms with Crippen molar-refractivity contribution in [2.75, 3.05) is 26.7 Å². The Morgan fingerprint density at radius 3 is 3.00 bits per heavy atom. The van der Waals surface area contributed by atoms with Gasteiger partial charge < -0.3 is 20.1 Å². The second-order valence-corrected chi connectivity index (χ2v) is 6.11. The minimum atomic E-state index is -0.276. The van der Waals surface area contributed by atoms with Crippen LogP contribution in [0, 0.1) is 5.92 Å². The van der Waals surface area contributed by atoms with Gasteiger partial charge in [0, 0.05) is 24.5 Å². The molecule has 0 saturated heterocycles. The monoisotopic (exact) mass is 326 g/mol. The molecular formula is C16H23ClN2O3. The Kier molecular flexibility index (Phi) is 6.34. The van der Waals surface area contributed by atoms with Crippen LogP contribution in [0.1, 0.15) is 19.3 Å². The number of hydrogen-bond acceptors (Lipinski definition) is 3. The first-order chi connectivity index (χ1) is 10.6. The lowest BCUT2D eigenvalue weighted by molar-refractivity contribution is 0.113. The molecule has 2 amide bonds. The SMILES string of the molecule is CN(CC1CCCC1O)C(=O)NCCOc1cccc(Cl)c1. The molecule has 1 fully saturated rings. The molecule has 0 aromatic heterocycles. The first kappa shape index (κ1) is 16.9. The van der Waals surface area contributed by atoms with E-state index in [0.29, 0.717) is 30.5 Å². The van der Waals surface area contributed by atoms with E-state index in [-0.39, 0.29) is 18.1 Å². The summed E-state index contributed by atoms with van der Waals surface area (Å²) >= 11 is 5.87. The highest BCUT2D eigenvalue weighted by atomic mass is 35.5. The maximum absolute atomic E-state index is 12.0. The molecule has 2 rings (SSSR count). The standard InChI is InChI=1S/C16H23ClN2O3/c1-19(11-12-4-2-7-15(12)20)16(21)18-8-9-22-14-6-3-5-13(17)10-14/h3,5-6,10,12,15,20H,2,4,7-9,11H2,1H3,(H,18,21). The zero-order valence-corrected chi connectivity index (χ0v) is 13.6. The van der Waals surface area contributed by atoms with Crippen LogP contribution < -0.4 is 10.1 Å². The van der Waals surface area contributed by atoms with Crippen molar-refractivity contribution in [3.8, 4) is 5.75 Å². The minimum absolute atomic E-state index is 0.145. The third-order valence-corrected chi connectivity index (χ3v) is 4.15.